The van der Waals surface area contributed by atoms with Crippen molar-refractivity contribution in [2.45, 2.75) is 31.4 Å². The van der Waals surface area contributed by atoms with Crippen LogP contribution in [0.5, 0.6) is 5.75 Å². The van der Waals surface area contributed by atoms with Crippen molar-refractivity contribution in [3.8, 4) is 5.75 Å². The SMILES string of the molecule is COC(=O)[C@H]1C[C@@H](Oc2ccccc2F)CN1C(=O)CCc1ccccc1F. The van der Waals surface area contributed by atoms with Gasteiger partial charge in [-0.3, -0.25) is 4.79 Å². The minimum atomic E-state index is -0.810. The van der Waals surface area contributed by atoms with Gasteiger partial charge in [0.1, 0.15) is 18.0 Å². The van der Waals surface area contributed by atoms with E-state index in [1.165, 1.54) is 30.2 Å². The number of esters is 1. The summed E-state index contributed by atoms with van der Waals surface area (Å²) in [7, 11) is 1.25. The molecule has 2 aromatic carbocycles. The molecule has 0 bridgehead atoms. The van der Waals surface area contributed by atoms with Crippen molar-refractivity contribution >= 4 is 11.9 Å². The summed E-state index contributed by atoms with van der Waals surface area (Å²) >= 11 is 0. The molecule has 0 aromatic heterocycles. The number of carbonyl (C=O) groups is 2. The van der Waals surface area contributed by atoms with Crippen LogP contribution in [-0.2, 0) is 20.7 Å². The lowest BCUT2D eigenvalue weighted by Gasteiger charge is -2.22. The number of rotatable bonds is 6. The Kier molecular flexibility index (Phi) is 6.23. The van der Waals surface area contributed by atoms with Crippen molar-refractivity contribution in [2.24, 2.45) is 0 Å². The number of para-hydroxylation sites is 1. The first-order chi connectivity index (χ1) is 13.5. The van der Waals surface area contributed by atoms with E-state index in [2.05, 4.69) is 0 Å². The van der Waals surface area contributed by atoms with E-state index in [-0.39, 0.29) is 43.3 Å². The Morgan fingerprint density at radius 3 is 2.43 bits per heavy atom. The minimum absolute atomic E-state index is 0.0425. The maximum atomic E-state index is 13.8. The Morgan fingerprint density at radius 2 is 1.75 bits per heavy atom. The van der Waals surface area contributed by atoms with Gasteiger partial charge in [0.25, 0.3) is 0 Å². The highest BCUT2D eigenvalue weighted by molar-refractivity contribution is 5.85. The Bertz CT molecular complexity index is 858. The molecule has 0 radical (unpaired) electrons. The molecular formula is C21H21F2NO4. The average molecular weight is 389 g/mol. The Balaban J connectivity index is 1.68. The Morgan fingerprint density at radius 1 is 1.07 bits per heavy atom. The number of carbonyl (C=O) groups excluding carboxylic acids is 2. The van der Waals surface area contributed by atoms with Crippen LogP contribution in [0.25, 0.3) is 0 Å². The highest BCUT2D eigenvalue weighted by Crippen LogP contribution is 2.26. The number of halogens is 2. The van der Waals surface area contributed by atoms with Gasteiger partial charge in [0.15, 0.2) is 11.6 Å². The predicted molar refractivity (Wildman–Crippen MR) is 97.7 cm³/mol. The second-order valence-electron chi connectivity index (χ2n) is 6.58. The van der Waals surface area contributed by atoms with Crippen molar-refractivity contribution in [1.82, 2.24) is 4.90 Å². The summed E-state index contributed by atoms with van der Waals surface area (Å²) in [6.07, 6.45) is -0.0828. The Hall–Kier alpha value is -2.96. The van der Waals surface area contributed by atoms with Gasteiger partial charge < -0.3 is 14.4 Å². The quantitative estimate of drug-likeness (QED) is 0.713. The van der Waals surface area contributed by atoms with Crippen LogP contribution in [-0.4, -0.2) is 42.6 Å². The fraction of sp³-hybridized carbons (Fsp3) is 0.333. The van der Waals surface area contributed by atoms with Crippen LogP contribution in [0.1, 0.15) is 18.4 Å². The van der Waals surface area contributed by atoms with Gasteiger partial charge >= 0.3 is 5.97 Å². The number of ether oxygens (including phenoxy) is 2. The van der Waals surface area contributed by atoms with Crippen LogP contribution in [0.3, 0.4) is 0 Å². The van der Waals surface area contributed by atoms with E-state index in [0.717, 1.165) is 0 Å². The molecule has 3 rings (SSSR count). The third-order valence-corrected chi connectivity index (χ3v) is 4.75. The zero-order valence-electron chi connectivity index (χ0n) is 15.4. The van der Waals surface area contributed by atoms with Crippen molar-refractivity contribution in [2.75, 3.05) is 13.7 Å². The van der Waals surface area contributed by atoms with E-state index in [0.29, 0.717) is 5.56 Å². The maximum Gasteiger partial charge on any atom is 0.328 e. The summed E-state index contributed by atoms with van der Waals surface area (Å²) in [5.74, 6) is -1.68. The average Bonchev–Trinajstić information content (AvgIpc) is 3.12. The molecule has 1 amide bonds. The van der Waals surface area contributed by atoms with Crippen LogP contribution in [0, 0.1) is 11.6 Å². The van der Waals surface area contributed by atoms with E-state index in [9.17, 15) is 18.4 Å². The van der Waals surface area contributed by atoms with Gasteiger partial charge in [-0.1, -0.05) is 30.3 Å². The van der Waals surface area contributed by atoms with Crippen molar-refractivity contribution < 1.29 is 27.8 Å². The van der Waals surface area contributed by atoms with Crippen molar-refractivity contribution in [3.63, 3.8) is 0 Å². The molecule has 0 saturated carbocycles. The van der Waals surface area contributed by atoms with E-state index < -0.39 is 23.9 Å². The van der Waals surface area contributed by atoms with Gasteiger partial charge in [0, 0.05) is 12.8 Å². The third-order valence-electron chi connectivity index (χ3n) is 4.75. The number of amides is 1. The Labute approximate surface area is 161 Å². The molecule has 0 aliphatic carbocycles. The molecule has 7 heteroatoms. The first-order valence-electron chi connectivity index (χ1n) is 9.01. The lowest BCUT2D eigenvalue weighted by atomic mass is 10.1. The van der Waals surface area contributed by atoms with Gasteiger partial charge in [-0.25, -0.2) is 13.6 Å². The van der Waals surface area contributed by atoms with E-state index in [1.54, 1.807) is 30.3 Å². The maximum absolute atomic E-state index is 13.8. The van der Waals surface area contributed by atoms with Crippen LogP contribution in [0.15, 0.2) is 48.5 Å². The summed E-state index contributed by atoms with van der Waals surface area (Å²) in [6.45, 7) is 0.129. The van der Waals surface area contributed by atoms with Gasteiger partial charge in [-0.15, -0.1) is 0 Å². The predicted octanol–water partition coefficient (Wildman–Crippen LogP) is 3.12. The number of hydrogen-bond acceptors (Lipinski definition) is 4. The fourth-order valence-corrected chi connectivity index (χ4v) is 3.32. The van der Waals surface area contributed by atoms with Crippen LogP contribution >= 0.6 is 0 Å². The zero-order chi connectivity index (χ0) is 20.1. The highest BCUT2D eigenvalue weighted by atomic mass is 19.1. The first-order valence-corrected chi connectivity index (χ1v) is 9.01. The number of hydrogen-bond donors (Lipinski definition) is 0. The molecule has 0 N–H and O–H groups in total. The molecule has 0 unspecified atom stereocenters. The van der Waals surface area contributed by atoms with E-state index in [4.69, 9.17) is 9.47 Å². The minimum Gasteiger partial charge on any atom is -0.485 e. The number of aryl methyl sites for hydroxylation is 1. The second kappa shape index (κ2) is 8.82. The summed E-state index contributed by atoms with van der Waals surface area (Å²) in [5, 5.41) is 0. The topological polar surface area (TPSA) is 55.8 Å². The normalized spacial score (nSPS) is 18.8. The molecule has 1 aliphatic rings. The zero-order valence-corrected chi connectivity index (χ0v) is 15.4. The van der Waals surface area contributed by atoms with Gasteiger partial charge in [0.05, 0.1) is 13.7 Å². The molecule has 148 valence electrons. The summed E-state index contributed by atoms with van der Waals surface area (Å²) in [6, 6.07) is 11.4. The molecule has 1 heterocycles. The molecule has 0 spiro atoms. The molecule has 1 saturated heterocycles. The van der Waals surface area contributed by atoms with E-state index in [1.807, 2.05) is 0 Å². The standard InChI is InChI=1S/C21H21F2NO4/c1-27-21(26)18-12-15(28-19-9-5-4-8-17(19)23)13-24(18)20(25)11-10-14-6-2-3-7-16(14)22/h2-9,15,18H,10-13H2,1H3/t15-,18-/m1/s1. The van der Waals surface area contributed by atoms with Crippen molar-refractivity contribution in [3.05, 3.63) is 65.7 Å². The van der Waals surface area contributed by atoms with Gasteiger partial charge in [-0.05, 0) is 30.2 Å². The number of likely N-dealkylation sites (tertiary alicyclic amines) is 1. The highest BCUT2D eigenvalue weighted by Gasteiger charge is 2.41. The third kappa shape index (κ3) is 4.47. The van der Waals surface area contributed by atoms with Crippen molar-refractivity contribution in [1.29, 1.82) is 0 Å². The number of nitrogens with zero attached hydrogens (tertiary/aromatic N) is 1. The summed E-state index contributed by atoms with van der Waals surface area (Å²) in [4.78, 5) is 26.2. The van der Waals surface area contributed by atoms with Crippen LogP contribution in [0.2, 0.25) is 0 Å². The molecule has 5 nitrogen and oxygen atoms in total. The molecule has 2 aromatic rings. The number of benzene rings is 2. The van der Waals surface area contributed by atoms with Gasteiger partial charge in [0.2, 0.25) is 5.91 Å². The fourth-order valence-electron chi connectivity index (χ4n) is 3.32. The second-order valence-corrected chi connectivity index (χ2v) is 6.58. The number of methoxy groups -OCH3 is 1. The summed E-state index contributed by atoms with van der Waals surface area (Å²) in [5.41, 5.74) is 0.434. The van der Waals surface area contributed by atoms with E-state index >= 15 is 0 Å². The molecular weight excluding hydrogens is 368 g/mol. The molecule has 2 atom stereocenters. The van der Waals surface area contributed by atoms with Crippen LogP contribution in [0.4, 0.5) is 8.78 Å². The molecule has 1 fully saturated rings. The first kappa shape index (κ1) is 19.8. The lowest BCUT2D eigenvalue weighted by Crippen LogP contribution is -2.41. The smallest absolute Gasteiger partial charge is 0.328 e. The van der Waals surface area contributed by atoms with Crippen LogP contribution < -0.4 is 4.74 Å². The lowest BCUT2D eigenvalue weighted by molar-refractivity contribution is -0.150. The van der Waals surface area contributed by atoms with Gasteiger partial charge in [-0.2, -0.15) is 0 Å². The molecule has 28 heavy (non-hydrogen) atoms. The summed E-state index contributed by atoms with van der Waals surface area (Å²) < 4.78 is 38.1. The monoisotopic (exact) mass is 389 g/mol. The molecule has 1 aliphatic heterocycles. The largest absolute Gasteiger partial charge is 0.485 e.